The van der Waals surface area contributed by atoms with Crippen molar-refractivity contribution in [3.8, 4) is 5.75 Å². The van der Waals surface area contributed by atoms with Crippen molar-refractivity contribution in [1.82, 2.24) is 15.5 Å². The van der Waals surface area contributed by atoms with Gasteiger partial charge in [-0.25, -0.2) is 9.59 Å². The lowest BCUT2D eigenvalue weighted by atomic mass is 10.1. The van der Waals surface area contributed by atoms with Crippen LogP contribution in [0.15, 0.2) is 48.5 Å². The second-order valence-corrected chi connectivity index (χ2v) is 6.21. The predicted molar refractivity (Wildman–Crippen MR) is 101 cm³/mol. The van der Waals surface area contributed by atoms with E-state index in [4.69, 9.17) is 9.47 Å². The number of amides is 5. The molecule has 9 heteroatoms. The number of ether oxygens (including phenoxy) is 2. The van der Waals surface area contributed by atoms with E-state index < -0.39 is 23.9 Å². The summed E-state index contributed by atoms with van der Waals surface area (Å²) >= 11 is 0. The first-order valence-corrected chi connectivity index (χ1v) is 8.75. The van der Waals surface area contributed by atoms with Crippen LogP contribution in [-0.4, -0.2) is 35.9 Å². The lowest BCUT2D eigenvalue weighted by molar-refractivity contribution is -0.140. The van der Waals surface area contributed by atoms with Gasteiger partial charge in [-0.15, -0.1) is 0 Å². The zero-order chi connectivity index (χ0) is 20.8. The molecule has 0 radical (unpaired) electrons. The Labute approximate surface area is 166 Å². The highest BCUT2D eigenvalue weighted by atomic mass is 16.5. The summed E-state index contributed by atoms with van der Waals surface area (Å²) in [4.78, 5) is 47.5. The van der Waals surface area contributed by atoms with Gasteiger partial charge in [0, 0.05) is 12.1 Å². The summed E-state index contributed by atoms with van der Waals surface area (Å²) < 4.78 is 10.5. The first-order chi connectivity index (χ1) is 14.0. The third kappa shape index (κ3) is 4.89. The van der Waals surface area contributed by atoms with Gasteiger partial charge < -0.3 is 14.8 Å². The van der Waals surface area contributed by atoms with Crippen LogP contribution in [0, 0.1) is 0 Å². The number of carbonyl (C=O) groups is 4. The average molecular weight is 397 g/mol. The molecular weight excluding hydrogens is 378 g/mol. The molecule has 9 nitrogen and oxygen atoms in total. The minimum Gasteiger partial charge on any atom is -0.496 e. The topological polar surface area (TPSA) is 114 Å². The molecule has 0 atom stereocenters. The zero-order valence-electron chi connectivity index (χ0n) is 15.6. The standard InChI is InChI=1S/C20H19N3O6/c1-28-16-8-7-14(11-23-18(25)17(24)22-19(23)26)9-15(16)10-21-20(27)29-12-13-5-3-2-4-6-13/h2-9H,10-12H2,1H3,(H,21,27)(H,22,24,26). The number of carbonyl (C=O) groups excluding carboxylic acids is 4. The van der Waals surface area contributed by atoms with Crippen LogP contribution < -0.4 is 15.4 Å². The monoisotopic (exact) mass is 397 g/mol. The van der Waals surface area contributed by atoms with Crippen molar-refractivity contribution in [2.24, 2.45) is 0 Å². The van der Waals surface area contributed by atoms with Crippen LogP contribution in [-0.2, 0) is 34.0 Å². The third-order valence-corrected chi connectivity index (χ3v) is 4.23. The Balaban J connectivity index is 1.61. The van der Waals surface area contributed by atoms with Crippen molar-refractivity contribution in [2.75, 3.05) is 7.11 Å². The molecule has 3 rings (SSSR count). The van der Waals surface area contributed by atoms with E-state index in [1.165, 1.54) is 7.11 Å². The van der Waals surface area contributed by atoms with Crippen LogP contribution in [0.1, 0.15) is 16.7 Å². The van der Waals surface area contributed by atoms with Crippen LogP contribution in [0.5, 0.6) is 5.75 Å². The fourth-order valence-electron chi connectivity index (χ4n) is 2.77. The van der Waals surface area contributed by atoms with Gasteiger partial charge in [0.15, 0.2) is 0 Å². The van der Waals surface area contributed by atoms with Gasteiger partial charge in [-0.05, 0) is 23.3 Å². The number of alkyl carbamates (subject to hydrolysis) is 1. The van der Waals surface area contributed by atoms with E-state index in [9.17, 15) is 19.2 Å². The normalized spacial score (nSPS) is 13.3. The van der Waals surface area contributed by atoms with Gasteiger partial charge in [-0.1, -0.05) is 36.4 Å². The minimum atomic E-state index is -0.952. The maximum Gasteiger partial charge on any atom is 0.407 e. The summed E-state index contributed by atoms with van der Waals surface area (Å²) in [6.07, 6.45) is -0.596. The summed E-state index contributed by atoms with van der Waals surface area (Å²) in [6, 6.07) is 13.5. The molecule has 1 aliphatic heterocycles. The molecule has 2 N–H and O–H groups in total. The van der Waals surface area contributed by atoms with E-state index >= 15 is 0 Å². The SMILES string of the molecule is COc1ccc(CN2C(=O)NC(=O)C2=O)cc1CNC(=O)OCc1ccccc1. The van der Waals surface area contributed by atoms with E-state index in [0.29, 0.717) is 16.9 Å². The molecule has 1 heterocycles. The zero-order valence-corrected chi connectivity index (χ0v) is 15.6. The first kappa shape index (κ1) is 19.9. The van der Waals surface area contributed by atoms with Crippen LogP contribution in [0.2, 0.25) is 0 Å². The summed E-state index contributed by atoms with van der Waals surface area (Å²) in [5, 5.41) is 4.58. The molecule has 29 heavy (non-hydrogen) atoms. The molecule has 5 amide bonds. The number of rotatable bonds is 7. The third-order valence-electron chi connectivity index (χ3n) is 4.23. The summed E-state index contributed by atoms with van der Waals surface area (Å²) in [5.74, 6) is -1.34. The Hall–Kier alpha value is -3.88. The molecule has 0 saturated carbocycles. The lowest BCUT2D eigenvalue weighted by Crippen LogP contribution is -2.30. The van der Waals surface area contributed by atoms with Gasteiger partial charge in [0.25, 0.3) is 0 Å². The molecule has 2 aromatic rings. The molecule has 0 spiro atoms. The maximum absolute atomic E-state index is 12.0. The highest BCUT2D eigenvalue weighted by Crippen LogP contribution is 2.21. The molecule has 0 bridgehead atoms. The Morgan fingerprint density at radius 3 is 2.48 bits per heavy atom. The Morgan fingerprint density at radius 1 is 1.07 bits per heavy atom. The highest BCUT2D eigenvalue weighted by Gasteiger charge is 2.36. The fourth-order valence-corrected chi connectivity index (χ4v) is 2.77. The molecule has 1 fully saturated rings. The molecule has 0 aromatic heterocycles. The van der Waals surface area contributed by atoms with Crippen molar-refractivity contribution in [1.29, 1.82) is 0 Å². The van der Waals surface area contributed by atoms with Gasteiger partial charge in [0.1, 0.15) is 12.4 Å². The number of hydrogen-bond donors (Lipinski definition) is 2. The summed E-state index contributed by atoms with van der Waals surface area (Å²) in [7, 11) is 1.49. The molecular formula is C20H19N3O6. The Kier molecular flexibility index (Phi) is 6.08. The van der Waals surface area contributed by atoms with Crippen molar-refractivity contribution in [3.63, 3.8) is 0 Å². The maximum atomic E-state index is 12.0. The van der Waals surface area contributed by atoms with Crippen LogP contribution in [0.4, 0.5) is 9.59 Å². The van der Waals surface area contributed by atoms with Gasteiger partial charge in [-0.3, -0.25) is 19.8 Å². The number of hydrogen-bond acceptors (Lipinski definition) is 6. The number of nitrogens with one attached hydrogen (secondary N) is 2. The predicted octanol–water partition coefficient (Wildman–Crippen LogP) is 1.70. The molecule has 0 aliphatic carbocycles. The van der Waals surface area contributed by atoms with Crippen molar-refractivity contribution in [3.05, 3.63) is 65.2 Å². The Bertz CT molecular complexity index is 944. The number of benzene rings is 2. The van der Waals surface area contributed by atoms with Crippen LogP contribution in [0.3, 0.4) is 0 Å². The fraction of sp³-hybridized carbons (Fsp3) is 0.200. The van der Waals surface area contributed by atoms with E-state index in [1.807, 2.05) is 35.6 Å². The molecule has 2 aromatic carbocycles. The summed E-state index contributed by atoms with van der Waals surface area (Å²) in [6.45, 7) is 0.180. The summed E-state index contributed by atoms with van der Waals surface area (Å²) in [5.41, 5.74) is 2.09. The second kappa shape index (κ2) is 8.87. The van der Waals surface area contributed by atoms with Crippen LogP contribution in [0.25, 0.3) is 0 Å². The Morgan fingerprint density at radius 2 is 1.83 bits per heavy atom. The van der Waals surface area contributed by atoms with E-state index in [-0.39, 0.29) is 19.7 Å². The number of imide groups is 2. The second-order valence-electron chi connectivity index (χ2n) is 6.21. The van der Waals surface area contributed by atoms with Gasteiger partial charge in [0.2, 0.25) is 0 Å². The molecule has 1 aliphatic rings. The van der Waals surface area contributed by atoms with Crippen molar-refractivity contribution < 1.29 is 28.7 Å². The smallest absolute Gasteiger partial charge is 0.407 e. The quantitative estimate of drug-likeness (QED) is 0.543. The van der Waals surface area contributed by atoms with E-state index in [2.05, 4.69) is 5.32 Å². The minimum absolute atomic E-state index is 0.0775. The first-order valence-electron chi connectivity index (χ1n) is 8.75. The lowest BCUT2D eigenvalue weighted by Gasteiger charge is -2.15. The van der Waals surface area contributed by atoms with Gasteiger partial charge >= 0.3 is 23.9 Å². The molecule has 150 valence electrons. The number of nitrogens with zero attached hydrogens (tertiary/aromatic N) is 1. The average Bonchev–Trinajstić information content (AvgIpc) is 2.97. The number of methoxy groups -OCH3 is 1. The van der Waals surface area contributed by atoms with Crippen molar-refractivity contribution in [2.45, 2.75) is 19.7 Å². The van der Waals surface area contributed by atoms with Gasteiger partial charge in [0.05, 0.1) is 13.7 Å². The van der Waals surface area contributed by atoms with E-state index in [0.717, 1.165) is 10.5 Å². The van der Waals surface area contributed by atoms with Crippen LogP contribution >= 0.6 is 0 Å². The molecule has 0 unspecified atom stereocenters. The van der Waals surface area contributed by atoms with Crippen molar-refractivity contribution >= 4 is 23.9 Å². The highest BCUT2D eigenvalue weighted by molar-refractivity contribution is 6.44. The largest absolute Gasteiger partial charge is 0.496 e. The van der Waals surface area contributed by atoms with E-state index in [1.54, 1.807) is 18.2 Å². The molecule has 1 saturated heterocycles. The van der Waals surface area contributed by atoms with Gasteiger partial charge in [-0.2, -0.15) is 0 Å². The number of urea groups is 1.